The summed E-state index contributed by atoms with van der Waals surface area (Å²) in [7, 11) is 0. The quantitative estimate of drug-likeness (QED) is 0.687. The van der Waals surface area contributed by atoms with Gasteiger partial charge >= 0.3 is 0 Å². The predicted molar refractivity (Wildman–Crippen MR) is 73.1 cm³/mol. The van der Waals surface area contributed by atoms with Gasteiger partial charge in [-0.25, -0.2) is 0 Å². The van der Waals surface area contributed by atoms with E-state index in [9.17, 15) is 5.11 Å². The fraction of sp³-hybridized carbons (Fsp3) is 1.00. The second-order valence-corrected chi connectivity index (χ2v) is 7.73. The molecule has 4 aliphatic rings. The largest absolute Gasteiger partial charge is 0.393 e. The fourth-order valence-corrected chi connectivity index (χ4v) is 6.45. The number of hydrogen-bond acceptors (Lipinski definition) is 1. The zero-order chi connectivity index (χ0) is 12.1. The third kappa shape index (κ3) is 1.77. The Labute approximate surface area is 111 Å². The molecule has 0 amide bonds. The van der Waals surface area contributed by atoms with E-state index in [1.165, 1.54) is 38.5 Å². The van der Waals surface area contributed by atoms with Gasteiger partial charge in [-0.2, -0.15) is 0 Å². The second-order valence-electron chi connectivity index (χ2n) is 7.73. The maximum absolute atomic E-state index is 9.89. The summed E-state index contributed by atoms with van der Waals surface area (Å²) < 4.78 is 0. The molecule has 0 spiro atoms. The molecule has 0 aromatic rings. The van der Waals surface area contributed by atoms with Crippen LogP contribution in [0.25, 0.3) is 0 Å². The first-order valence-electron chi connectivity index (χ1n) is 8.51. The lowest BCUT2D eigenvalue weighted by atomic mass is 9.53. The molecule has 0 heterocycles. The lowest BCUT2D eigenvalue weighted by molar-refractivity contribution is -0.0457. The lowest BCUT2D eigenvalue weighted by Gasteiger charge is -2.52. The van der Waals surface area contributed by atoms with Gasteiger partial charge in [0, 0.05) is 0 Å². The van der Waals surface area contributed by atoms with Crippen LogP contribution in [0.15, 0.2) is 0 Å². The van der Waals surface area contributed by atoms with Crippen LogP contribution in [0.5, 0.6) is 0 Å². The Kier molecular flexibility index (Phi) is 2.94. The first-order valence-corrected chi connectivity index (χ1v) is 8.51. The van der Waals surface area contributed by atoms with E-state index in [-0.39, 0.29) is 6.10 Å². The van der Waals surface area contributed by atoms with Crippen molar-refractivity contribution in [1.29, 1.82) is 0 Å². The van der Waals surface area contributed by atoms with Gasteiger partial charge in [0.2, 0.25) is 0 Å². The summed E-state index contributed by atoms with van der Waals surface area (Å²) in [5, 5.41) is 9.89. The highest BCUT2D eigenvalue weighted by atomic mass is 16.3. The zero-order valence-electron chi connectivity index (χ0n) is 11.6. The van der Waals surface area contributed by atoms with Gasteiger partial charge in [0.1, 0.15) is 0 Å². The summed E-state index contributed by atoms with van der Waals surface area (Å²) in [6.07, 6.45) is 14.2. The van der Waals surface area contributed by atoms with Crippen molar-refractivity contribution in [2.24, 2.45) is 35.5 Å². The number of rotatable bonds is 0. The van der Waals surface area contributed by atoms with Crippen molar-refractivity contribution in [3.05, 3.63) is 0 Å². The van der Waals surface area contributed by atoms with Crippen LogP contribution in [0.3, 0.4) is 0 Å². The third-order valence-electron chi connectivity index (χ3n) is 7.12. The van der Waals surface area contributed by atoms with Crippen molar-refractivity contribution in [2.75, 3.05) is 0 Å². The Morgan fingerprint density at radius 2 is 1.22 bits per heavy atom. The summed E-state index contributed by atoms with van der Waals surface area (Å²) in [6, 6.07) is 0. The van der Waals surface area contributed by atoms with Crippen molar-refractivity contribution >= 4 is 0 Å². The van der Waals surface area contributed by atoms with Gasteiger partial charge < -0.3 is 5.11 Å². The van der Waals surface area contributed by atoms with Crippen LogP contribution in [0.4, 0.5) is 0 Å². The molecule has 0 bridgehead atoms. The maximum atomic E-state index is 9.89. The average molecular weight is 248 g/mol. The second kappa shape index (κ2) is 4.51. The summed E-state index contributed by atoms with van der Waals surface area (Å²) in [6.45, 7) is 0. The third-order valence-corrected chi connectivity index (χ3v) is 7.12. The highest BCUT2D eigenvalue weighted by molar-refractivity contribution is 4.99. The van der Waals surface area contributed by atoms with E-state index in [0.29, 0.717) is 0 Å². The van der Waals surface area contributed by atoms with Gasteiger partial charge in [-0.1, -0.05) is 12.8 Å². The van der Waals surface area contributed by atoms with Crippen LogP contribution in [0.1, 0.15) is 64.2 Å². The predicted octanol–water partition coefficient (Wildman–Crippen LogP) is 4.00. The molecule has 0 saturated heterocycles. The van der Waals surface area contributed by atoms with Gasteiger partial charge in [-0.3, -0.25) is 0 Å². The number of hydrogen-bond donors (Lipinski definition) is 1. The minimum Gasteiger partial charge on any atom is -0.393 e. The summed E-state index contributed by atoms with van der Waals surface area (Å²) >= 11 is 0. The molecule has 1 heteroatoms. The van der Waals surface area contributed by atoms with Crippen molar-refractivity contribution < 1.29 is 5.11 Å². The molecule has 7 atom stereocenters. The smallest absolute Gasteiger partial charge is 0.0543 e. The maximum Gasteiger partial charge on any atom is 0.0543 e. The normalized spacial score (nSPS) is 55.5. The summed E-state index contributed by atoms with van der Waals surface area (Å²) in [4.78, 5) is 0. The van der Waals surface area contributed by atoms with Gasteiger partial charge in [-0.05, 0) is 86.9 Å². The molecule has 1 N–H and O–H groups in total. The Hall–Kier alpha value is -0.0400. The summed E-state index contributed by atoms with van der Waals surface area (Å²) in [5.41, 5.74) is 0. The minimum atomic E-state index is 0.0330. The Bertz CT molecular complexity index is 313. The molecule has 4 aliphatic carbocycles. The Balaban J connectivity index is 1.53. The van der Waals surface area contributed by atoms with E-state index in [4.69, 9.17) is 0 Å². The van der Waals surface area contributed by atoms with E-state index < -0.39 is 0 Å². The molecule has 4 rings (SSSR count). The molecule has 18 heavy (non-hydrogen) atoms. The van der Waals surface area contributed by atoms with E-state index in [1.807, 2.05) is 0 Å². The fourth-order valence-electron chi connectivity index (χ4n) is 6.45. The number of aliphatic hydroxyl groups excluding tert-OH is 1. The molecule has 1 nitrogen and oxygen atoms in total. The van der Waals surface area contributed by atoms with E-state index in [2.05, 4.69) is 0 Å². The highest BCUT2D eigenvalue weighted by Gasteiger charge is 2.49. The van der Waals surface area contributed by atoms with Crippen LogP contribution in [0.2, 0.25) is 0 Å². The zero-order valence-corrected chi connectivity index (χ0v) is 11.6. The number of aliphatic hydroxyl groups is 1. The molecular formula is C17H28O. The molecule has 102 valence electrons. The molecule has 5 unspecified atom stereocenters. The van der Waals surface area contributed by atoms with Crippen molar-refractivity contribution in [2.45, 2.75) is 70.3 Å². The van der Waals surface area contributed by atoms with Crippen molar-refractivity contribution in [1.82, 2.24) is 0 Å². The van der Waals surface area contributed by atoms with Crippen LogP contribution >= 0.6 is 0 Å². The van der Waals surface area contributed by atoms with Gasteiger partial charge in [0.15, 0.2) is 0 Å². The van der Waals surface area contributed by atoms with Crippen LogP contribution in [-0.4, -0.2) is 11.2 Å². The van der Waals surface area contributed by atoms with Crippen LogP contribution < -0.4 is 0 Å². The highest BCUT2D eigenvalue weighted by Crippen LogP contribution is 2.57. The van der Waals surface area contributed by atoms with Crippen molar-refractivity contribution in [3.8, 4) is 0 Å². The molecule has 4 saturated carbocycles. The standard InChI is InChI=1S/C17H28O/c18-13-6-9-15-12(10-13)5-8-16-14-3-1-2-11(14)4-7-17(15)16/h11-18H,1-10H2/t11?,12-,13+,14?,15?,16?,17?/m0/s1. The van der Waals surface area contributed by atoms with Crippen LogP contribution in [-0.2, 0) is 0 Å². The van der Waals surface area contributed by atoms with Gasteiger partial charge in [0.05, 0.1) is 6.10 Å². The van der Waals surface area contributed by atoms with Crippen molar-refractivity contribution in [3.63, 3.8) is 0 Å². The molecular weight excluding hydrogens is 220 g/mol. The lowest BCUT2D eigenvalue weighted by Crippen LogP contribution is -2.45. The first-order chi connectivity index (χ1) is 8.83. The number of fused-ring (bicyclic) bond motifs is 5. The Morgan fingerprint density at radius 3 is 2.06 bits per heavy atom. The Morgan fingerprint density at radius 1 is 0.556 bits per heavy atom. The molecule has 0 aromatic heterocycles. The van der Waals surface area contributed by atoms with Gasteiger partial charge in [-0.15, -0.1) is 0 Å². The molecule has 4 fully saturated rings. The van der Waals surface area contributed by atoms with E-state index in [0.717, 1.165) is 48.3 Å². The minimum absolute atomic E-state index is 0.0330. The molecule has 0 radical (unpaired) electrons. The summed E-state index contributed by atoms with van der Waals surface area (Å²) in [5.74, 6) is 6.23. The topological polar surface area (TPSA) is 20.2 Å². The monoisotopic (exact) mass is 248 g/mol. The molecule has 0 aromatic carbocycles. The average Bonchev–Trinajstić information content (AvgIpc) is 2.86. The molecule has 0 aliphatic heterocycles. The van der Waals surface area contributed by atoms with Crippen LogP contribution in [0, 0.1) is 35.5 Å². The van der Waals surface area contributed by atoms with E-state index in [1.54, 1.807) is 12.8 Å². The SMILES string of the molecule is O[C@@H]1CCC2C3CCC4CCCC4C3CC[C@H]2C1. The van der Waals surface area contributed by atoms with E-state index >= 15 is 0 Å². The van der Waals surface area contributed by atoms with Gasteiger partial charge in [0.25, 0.3) is 0 Å². The first kappa shape index (κ1) is 11.8.